The van der Waals surface area contributed by atoms with E-state index in [0.29, 0.717) is 0 Å². The minimum atomic E-state index is -3.65. The van der Waals surface area contributed by atoms with Gasteiger partial charge in [-0.3, -0.25) is 14.3 Å². The fraction of sp³-hybridized carbons (Fsp3) is 0.267. The average molecular weight is 561 g/mol. The number of hydrogen-bond acceptors (Lipinski definition) is 7. The van der Waals surface area contributed by atoms with Gasteiger partial charge in [0.05, 0.1) is 19.0 Å². The largest absolute Gasteiger partial charge is 0.371 e. The van der Waals surface area contributed by atoms with Crippen LogP contribution in [-0.4, -0.2) is 54.4 Å². The van der Waals surface area contributed by atoms with Crippen LogP contribution in [0.5, 0.6) is 0 Å². The van der Waals surface area contributed by atoms with E-state index in [-0.39, 0.29) is 19.0 Å². The van der Waals surface area contributed by atoms with Crippen molar-refractivity contribution in [3.63, 3.8) is 0 Å². The Morgan fingerprint density at radius 3 is 1.93 bits per heavy atom. The molecule has 9 nitrogen and oxygen atoms in total. The van der Waals surface area contributed by atoms with Crippen LogP contribution in [0.25, 0.3) is 0 Å². The molecule has 4 atom stereocenters. The van der Waals surface area contributed by atoms with E-state index in [4.69, 9.17) is 14.2 Å². The Morgan fingerprint density at radius 2 is 1.40 bits per heavy atom. The van der Waals surface area contributed by atoms with Crippen LogP contribution in [0.2, 0.25) is 0 Å². The van der Waals surface area contributed by atoms with Gasteiger partial charge in [-0.1, -0.05) is 91.0 Å². The van der Waals surface area contributed by atoms with Crippen molar-refractivity contribution in [2.45, 2.75) is 29.3 Å². The second-order valence-electron chi connectivity index (χ2n) is 9.84. The zero-order valence-electron chi connectivity index (χ0n) is 21.5. The van der Waals surface area contributed by atoms with Crippen molar-refractivity contribution >= 4 is 9.84 Å². The van der Waals surface area contributed by atoms with Gasteiger partial charge >= 0.3 is 5.69 Å². The lowest BCUT2D eigenvalue weighted by Crippen LogP contribution is -2.49. The molecule has 40 heavy (non-hydrogen) atoms. The molecule has 1 N–H and O–H groups in total. The smallest absolute Gasteiger partial charge is 0.330 e. The zero-order valence-corrected chi connectivity index (χ0v) is 22.3. The molecule has 3 heterocycles. The molecule has 2 saturated heterocycles. The summed E-state index contributed by atoms with van der Waals surface area (Å²) in [6.07, 6.45) is -1.67. The summed E-state index contributed by atoms with van der Waals surface area (Å²) in [6, 6.07) is 30.4. The molecule has 6 rings (SSSR count). The van der Waals surface area contributed by atoms with Gasteiger partial charge in [-0.05, 0) is 16.7 Å². The average Bonchev–Trinajstić information content (AvgIpc) is 3.35. The van der Waals surface area contributed by atoms with Gasteiger partial charge in [-0.15, -0.1) is 0 Å². The van der Waals surface area contributed by atoms with E-state index >= 15 is 0 Å². The van der Waals surface area contributed by atoms with Crippen molar-refractivity contribution in [1.29, 1.82) is 0 Å². The first-order valence-electron chi connectivity index (χ1n) is 13.0. The third kappa shape index (κ3) is 4.62. The van der Waals surface area contributed by atoms with Crippen molar-refractivity contribution in [1.82, 2.24) is 9.55 Å². The molecule has 0 unspecified atom stereocenters. The molecule has 3 aromatic carbocycles. The lowest BCUT2D eigenvalue weighted by molar-refractivity contribution is -0.0941. The van der Waals surface area contributed by atoms with Crippen molar-refractivity contribution in [2.24, 2.45) is 0 Å². The maximum absolute atomic E-state index is 13.4. The van der Waals surface area contributed by atoms with Gasteiger partial charge in [-0.2, -0.15) is 0 Å². The molecule has 1 aromatic heterocycles. The molecule has 2 fully saturated rings. The van der Waals surface area contributed by atoms with Gasteiger partial charge in [-0.25, -0.2) is 13.2 Å². The molecule has 2 aliphatic heterocycles. The number of benzene rings is 3. The Hall–Kier alpha value is -3.83. The third-order valence-electron chi connectivity index (χ3n) is 7.51. The van der Waals surface area contributed by atoms with Gasteiger partial charge in [0.2, 0.25) is 0 Å². The van der Waals surface area contributed by atoms with Crippen LogP contribution in [-0.2, 0) is 29.6 Å². The molecule has 0 aliphatic carbocycles. The van der Waals surface area contributed by atoms with E-state index in [9.17, 15) is 18.0 Å². The van der Waals surface area contributed by atoms with Gasteiger partial charge in [0.25, 0.3) is 5.56 Å². The lowest BCUT2D eigenvalue weighted by atomic mass is 9.80. The number of nitrogens with zero attached hydrogens (tertiary/aromatic N) is 1. The zero-order chi connectivity index (χ0) is 27.7. The molecule has 2 aliphatic rings. The topological polar surface area (TPSA) is 117 Å². The molecule has 0 saturated carbocycles. The number of rotatable bonds is 7. The Balaban J connectivity index is 1.44. The molecule has 0 bridgehead atoms. The number of aromatic amines is 1. The first-order chi connectivity index (χ1) is 19.4. The normalized spacial score (nSPS) is 23.9. The van der Waals surface area contributed by atoms with E-state index < -0.39 is 50.4 Å². The molecular formula is C30H28N2O7S. The second-order valence-corrected chi connectivity index (χ2v) is 12.1. The highest BCUT2D eigenvalue weighted by Gasteiger charge is 2.55. The summed E-state index contributed by atoms with van der Waals surface area (Å²) in [6.45, 7) is -0.131. The molecule has 206 valence electrons. The summed E-state index contributed by atoms with van der Waals surface area (Å²) in [4.78, 5) is 26.5. The Morgan fingerprint density at radius 1 is 0.850 bits per heavy atom. The monoisotopic (exact) mass is 560 g/mol. The van der Waals surface area contributed by atoms with Crippen LogP contribution in [0, 0.1) is 0 Å². The van der Waals surface area contributed by atoms with Crippen LogP contribution >= 0.6 is 0 Å². The van der Waals surface area contributed by atoms with Crippen molar-refractivity contribution in [3.05, 3.63) is 141 Å². The predicted molar refractivity (Wildman–Crippen MR) is 148 cm³/mol. The van der Waals surface area contributed by atoms with Gasteiger partial charge < -0.3 is 14.2 Å². The van der Waals surface area contributed by atoms with Gasteiger partial charge in [0.1, 0.15) is 23.1 Å². The van der Waals surface area contributed by atoms with Gasteiger partial charge in [0.15, 0.2) is 16.1 Å². The van der Waals surface area contributed by atoms with Crippen LogP contribution in [0.3, 0.4) is 0 Å². The van der Waals surface area contributed by atoms with Crippen molar-refractivity contribution < 1.29 is 22.6 Å². The highest BCUT2D eigenvalue weighted by molar-refractivity contribution is 7.92. The van der Waals surface area contributed by atoms with E-state index in [1.807, 2.05) is 91.0 Å². The maximum atomic E-state index is 13.4. The number of fused-ring (bicyclic) bond motifs is 1. The minimum absolute atomic E-state index is 0.0168. The summed E-state index contributed by atoms with van der Waals surface area (Å²) in [5, 5.41) is -1.06. The van der Waals surface area contributed by atoms with E-state index in [2.05, 4.69) is 4.98 Å². The van der Waals surface area contributed by atoms with Crippen molar-refractivity contribution in [3.8, 4) is 0 Å². The molecule has 0 amide bonds. The predicted octanol–water partition coefficient (Wildman–Crippen LogP) is 2.62. The van der Waals surface area contributed by atoms with Crippen molar-refractivity contribution in [2.75, 3.05) is 19.0 Å². The summed E-state index contributed by atoms with van der Waals surface area (Å²) < 4.78 is 46.9. The molecule has 0 radical (unpaired) electrons. The third-order valence-corrected chi connectivity index (χ3v) is 9.65. The summed E-state index contributed by atoms with van der Waals surface area (Å²) in [5.41, 5.74) is 0.214. The maximum Gasteiger partial charge on any atom is 0.330 e. The standard InChI is InChI=1S/C30H28N2O7S/c33-25-16-17-32(29(34)31-25)28-26-27(40(35,36)19-18-37-26)24(39-28)20-38-30(21-10-4-1-5-11-21,22-12-6-2-7-13-22)23-14-8-3-9-15-23/h1-17,24,26-28H,18-20H2,(H,31,33,34)/t24-,26-,27-,28-/m1/s1. The summed E-state index contributed by atoms with van der Waals surface area (Å²) in [7, 11) is -3.65. The first-order valence-corrected chi connectivity index (χ1v) is 14.7. The Bertz CT molecular complexity index is 1590. The number of nitrogens with one attached hydrogen (secondary N) is 1. The molecule has 4 aromatic rings. The Labute approximate surface area is 230 Å². The quantitative estimate of drug-likeness (QED) is 0.346. The van der Waals surface area contributed by atoms with Gasteiger partial charge in [0, 0.05) is 12.3 Å². The number of hydrogen-bond donors (Lipinski definition) is 1. The number of ether oxygens (including phenoxy) is 3. The highest BCUT2D eigenvalue weighted by atomic mass is 32.2. The van der Waals surface area contributed by atoms with Crippen LogP contribution < -0.4 is 11.2 Å². The SMILES string of the molecule is O=c1ccn([C@@H]2O[C@H](COC(c3ccccc3)(c3ccccc3)c3ccccc3)[C@@H]3[C@H]2OCCS3(=O)=O)c(=O)[nH]1. The number of H-pyrrole nitrogens is 1. The van der Waals surface area contributed by atoms with Crippen LogP contribution in [0.4, 0.5) is 0 Å². The van der Waals surface area contributed by atoms with E-state index in [1.54, 1.807) is 0 Å². The lowest BCUT2D eigenvalue weighted by Gasteiger charge is -2.37. The molecular weight excluding hydrogens is 532 g/mol. The first kappa shape index (κ1) is 26.4. The summed E-state index contributed by atoms with van der Waals surface area (Å²) >= 11 is 0. The summed E-state index contributed by atoms with van der Waals surface area (Å²) in [5.74, 6) is -0.164. The van der Waals surface area contributed by atoms with Crippen LogP contribution in [0.15, 0.2) is 113 Å². The van der Waals surface area contributed by atoms with E-state index in [0.717, 1.165) is 16.7 Å². The number of aromatic nitrogens is 2. The highest BCUT2D eigenvalue weighted by Crippen LogP contribution is 2.43. The molecule has 10 heteroatoms. The van der Waals surface area contributed by atoms with E-state index in [1.165, 1.54) is 16.8 Å². The molecule has 0 spiro atoms. The minimum Gasteiger partial charge on any atom is -0.371 e. The Kier molecular flexibility index (Phi) is 7.01. The van der Waals surface area contributed by atoms with Crippen LogP contribution in [0.1, 0.15) is 22.9 Å². The fourth-order valence-corrected chi connectivity index (χ4v) is 7.55. The fourth-order valence-electron chi connectivity index (χ4n) is 5.72. The number of sulfone groups is 1. The second kappa shape index (κ2) is 10.6.